The Morgan fingerprint density at radius 1 is 1.22 bits per heavy atom. The van der Waals surface area contributed by atoms with Crippen LogP contribution >= 0.6 is 0 Å². The minimum Gasteiger partial charge on any atom is -0.393 e. The molecule has 0 aromatic rings. The Labute approximate surface area is 110 Å². The number of piperidine rings is 1. The van der Waals surface area contributed by atoms with Gasteiger partial charge in [0.2, 0.25) is 0 Å². The van der Waals surface area contributed by atoms with Crippen LogP contribution < -0.4 is 0 Å². The molecule has 2 rings (SSSR count). The molecule has 0 amide bonds. The molecule has 2 fully saturated rings. The van der Waals surface area contributed by atoms with Crippen molar-refractivity contribution >= 4 is 0 Å². The molecule has 0 radical (unpaired) electrons. The van der Waals surface area contributed by atoms with E-state index in [4.69, 9.17) is 9.47 Å². The van der Waals surface area contributed by atoms with Crippen LogP contribution in [-0.4, -0.2) is 62.7 Å². The highest BCUT2D eigenvalue weighted by molar-refractivity contribution is 4.96. The zero-order valence-electron chi connectivity index (χ0n) is 11.6. The summed E-state index contributed by atoms with van der Waals surface area (Å²) in [5.74, 6) is 0. The molecule has 2 aliphatic rings. The largest absolute Gasteiger partial charge is 0.393 e. The molecule has 0 aromatic carbocycles. The van der Waals surface area contributed by atoms with Crippen LogP contribution in [0.1, 0.15) is 32.1 Å². The van der Waals surface area contributed by atoms with Crippen molar-refractivity contribution in [3.05, 3.63) is 0 Å². The van der Waals surface area contributed by atoms with E-state index >= 15 is 0 Å². The maximum Gasteiger partial charge on any atom is 0.0700 e. The van der Waals surface area contributed by atoms with Crippen molar-refractivity contribution in [2.45, 2.75) is 38.2 Å². The van der Waals surface area contributed by atoms with Crippen molar-refractivity contribution in [2.24, 2.45) is 5.41 Å². The zero-order valence-corrected chi connectivity index (χ0v) is 11.6. The number of aliphatic hydroxyl groups excluding tert-OH is 1. The predicted octanol–water partition coefficient (Wildman–Crippen LogP) is 1.28. The van der Waals surface area contributed by atoms with Gasteiger partial charge in [-0.25, -0.2) is 0 Å². The van der Waals surface area contributed by atoms with Crippen LogP contribution in [0, 0.1) is 5.41 Å². The second-order valence-corrected chi connectivity index (χ2v) is 5.76. The van der Waals surface area contributed by atoms with Crippen LogP contribution in [0.4, 0.5) is 0 Å². The van der Waals surface area contributed by atoms with Crippen molar-refractivity contribution in [1.29, 1.82) is 0 Å². The van der Waals surface area contributed by atoms with Crippen LogP contribution in [0.3, 0.4) is 0 Å². The Morgan fingerprint density at radius 2 is 2.06 bits per heavy atom. The van der Waals surface area contributed by atoms with Gasteiger partial charge in [0, 0.05) is 25.6 Å². The molecule has 0 unspecified atom stereocenters. The van der Waals surface area contributed by atoms with E-state index in [0.717, 1.165) is 32.7 Å². The van der Waals surface area contributed by atoms with E-state index in [-0.39, 0.29) is 11.5 Å². The maximum absolute atomic E-state index is 10.2. The first-order valence-corrected chi connectivity index (χ1v) is 7.24. The van der Waals surface area contributed by atoms with Gasteiger partial charge in [0.15, 0.2) is 0 Å². The highest BCUT2D eigenvalue weighted by Crippen LogP contribution is 2.44. The Bertz CT molecular complexity index is 249. The summed E-state index contributed by atoms with van der Waals surface area (Å²) in [5.41, 5.74) is 0.199. The summed E-state index contributed by atoms with van der Waals surface area (Å²) >= 11 is 0. The number of methoxy groups -OCH3 is 1. The average molecular weight is 257 g/mol. The standard InChI is InChI=1S/C14H27NO3/c1-17-10-11-18-9-8-15-7-3-6-14(12-15)5-2-4-13(14)16/h13,16H,2-12H2,1H3/t13-,14-/m1/s1. The molecule has 1 spiro atoms. The molecule has 1 heterocycles. The van der Waals surface area contributed by atoms with Gasteiger partial charge in [-0.2, -0.15) is 0 Å². The zero-order chi connectivity index (χ0) is 12.8. The van der Waals surface area contributed by atoms with Gasteiger partial charge in [-0.1, -0.05) is 6.42 Å². The molecule has 4 nitrogen and oxygen atoms in total. The summed E-state index contributed by atoms with van der Waals surface area (Å²) in [6.07, 6.45) is 5.74. The van der Waals surface area contributed by atoms with Crippen LogP contribution in [0.25, 0.3) is 0 Å². The molecule has 1 aliphatic carbocycles. The second kappa shape index (κ2) is 6.85. The van der Waals surface area contributed by atoms with E-state index in [0.29, 0.717) is 13.2 Å². The van der Waals surface area contributed by atoms with E-state index in [1.807, 2.05) is 0 Å². The van der Waals surface area contributed by atoms with Crippen LogP contribution in [0.2, 0.25) is 0 Å². The van der Waals surface area contributed by atoms with Crippen molar-refractivity contribution in [3.63, 3.8) is 0 Å². The minimum absolute atomic E-state index is 0.0743. The fourth-order valence-electron chi connectivity index (χ4n) is 3.48. The lowest BCUT2D eigenvalue weighted by Crippen LogP contribution is -2.48. The van der Waals surface area contributed by atoms with Gasteiger partial charge in [0.25, 0.3) is 0 Å². The molecule has 1 N–H and O–H groups in total. The van der Waals surface area contributed by atoms with Crippen molar-refractivity contribution in [3.8, 4) is 0 Å². The lowest BCUT2D eigenvalue weighted by molar-refractivity contribution is -0.0200. The fourth-order valence-corrected chi connectivity index (χ4v) is 3.48. The number of nitrogens with zero attached hydrogens (tertiary/aromatic N) is 1. The van der Waals surface area contributed by atoms with Crippen molar-refractivity contribution < 1.29 is 14.6 Å². The van der Waals surface area contributed by atoms with Gasteiger partial charge in [0.1, 0.15) is 0 Å². The number of hydrogen-bond donors (Lipinski definition) is 1. The summed E-state index contributed by atoms with van der Waals surface area (Å²) < 4.78 is 10.5. The van der Waals surface area contributed by atoms with Gasteiger partial charge in [-0.3, -0.25) is 0 Å². The Balaban J connectivity index is 1.70. The third kappa shape index (κ3) is 3.44. The number of aliphatic hydroxyl groups is 1. The lowest BCUT2D eigenvalue weighted by Gasteiger charge is -2.42. The fraction of sp³-hybridized carbons (Fsp3) is 1.00. The Morgan fingerprint density at radius 3 is 2.78 bits per heavy atom. The van der Waals surface area contributed by atoms with Gasteiger partial charge in [-0.15, -0.1) is 0 Å². The van der Waals surface area contributed by atoms with Crippen LogP contribution in [0.15, 0.2) is 0 Å². The SMILES string of the molecule is COCCOCCN1CCC[C@]2(CCC[C@H]2O)C1. The average Bonchev–Trinajstić information content (AvgIpc) is 2.71. The third-order valence-corrected chi connectivity index (χ3v) is 4.53. The number of rotatable bonds is 6. The first kappa shape index (κ1) is 14.3. The van der Waals surface area contributed by atoms with Crippen molar-refractivity contribution in [1.82, 2.24) is 4.90 Å². The van der Waals surface area contributed by atoms with E-state index in [1.54, 1.807) is 7.11 Å². The molecule has 1 saturated carbocycles. The van der Waals surface area contributed by atoms with E-state index in [9.17, 15) is 5.11 Å². The summed E-state index contributed by atoms with van der Waals surface area (Å²) in [5, 5.41) is 10.2. The molecular weight excluding hydrogens is 230 g/mol. The molecule has 18 heavy (non-hydrogen) atoms. The summed E-state index contributed by atoms with van der Waals surface area (Å²) in [6, 6.07) is 0. The van der Waals surface area contributed by atoms with E-state index in [2.05, 4.69) is 4.90 Å². The molecule has 0 aromatic heterocycles. The lowest BCUT2D eigenvalue weighted by atomic mass is 9.77. The third-order valence-electron chi connectivity index (χ3n) is 4.53. The van der Waals surface area contributed by atoms with Crippen LogP contribution in [0.5, 0.6) is 0 Å². The van der Waals surface area contributed by atoms with E-state index in [1.165, 1.54) is 25.7 Å². The highest BCUT2D eigenvalue weighted by atomic mass is 16.5. The first-order chi connectivity index (χ1) is 8.77. The van der Waals surface area contributed by atoms with Crippen molar-refractivity contribution in [2.75, 3.05) is 46.6 Å². The van der Waals surface area contributed by atoms with Gasteiger partial charge < -0.3 is 19.5 Å². The summed E-state index contributed by atoms with van der Waals surface area (Å²) in [7, 11) is 1.69. The molecule has 106 valence electrons. The molecule has 2 atom stereocenters. The number of hydrogen-bond acceptors (Lipinski definition) is 4. The van der Waals surface area contributed by atoms with Gasteiger partial charge >= 0.3 is 0 Å². The Hall–Kier alpha value is -0.160. The van der Waals surface area contributed by atoms with E-state index < -0.39 is 0 Å². The molecular formula is C14H27NO3. The Kier molecular flexibility index (Phi) is 5.42. The van der Waals surface area contributed by atoms with Crippen LogP contribution in [-0.2, 0) is 9.47 Å². The normalized spacial score (nSPS) is 33.3. The van der Waals surface area contributed by atoms with Gasteiger partial charge in [-0.05, 0) is 32.2 Å². The predicted molar refractivity (Wildman–Crippen MR) is 70.7 cm³/mol. The monoisotopic (exact) mass is 257 g/mol. The second-order valence-electron chi connectivity index (χ2n) is 5.76. The first-order valence-electron chi connectivity index (χ1n) is 7.24. The molecule has 4 heteroatoms. The minimum atomic E-state index is -0.0743. The highest BCUT2D eigenvalue weighted by Gasteiger charge is 2.44. The quantitative estimate of drug-likeness (QED) is 0.728. The number of likely N-dealkylation sites (tertiary alicyclic amines) is 1. The summed E-state index contributed by atoms with van der Waals surface area (Å²) in [4.78, 5) is 2.46. The summed E-state index contributed by atoms with van der Waals surface area (Å²) in [6.45, 7) is 5.32. The molecule has 1 aliphatic heterocycles. The number of ether oxygens (including phenoxy) is 2. The maximum atomic E-state index is 10.2. The molecule has 0 bridgehead atoms. The smallest absolute Gasteiger partial charge is 0.0700 e. The topological polar surface area (TPSA) is 41.9 Å². The van der Waals surface area contributed by atoms with Gasteiger partial charge in [0.05, 0.1) is 25.9 Å². The molecule has 1 saturated heterocycles.